The number of methoxy groups -OCH3 is 1. The lowest BCUT2D eigenvalue weighted by atomic mass is 9.94. The molecule has 140 valence electrons. The predicted octanol–water partition coefficient (Wildman–Crippen LogP) is 2.46. The number of hydrogen-bond acceptors (Lipinski definition) is 6. The Labute approximate surface area is 153 Å². The van der Waals surface area contributed by atoms with Crippen LogP contribution in [0.25, 0.3) is 0 Å². The molecule has 1 aliphatic carbocycles. The minimum Gasteiger partial charge on any atom is -0.495 e. The van der Waals surface area contributed by atoms with Crippen LogP contribution in [0, 0.1) is 6.92 Å². The monoisotopic (exact) mass is 377 g/mol. The van der Waals surface area contributed by atoms with E-state index in [1.54, 1.807) is 30.7 Å². The van der Waals surface area contributed by atoms with Crippen molar-refractivity contribution in [3.05, 3.63) is 42.4 Å². The van der Waals surface area contributed by atoms with Crippen molar-refractivity contribution in [3.63, 3.8) is 0 Å². The van der Waals surface area contributed by atoms with Gasteiger partial charge in [0.1, 0.15) is 16.7 Å². The number of benzene rings is 1. The number of sulfonamides is 1. The molecule has 1 saturated carbocycles. The van der Waals surface area contributed by atoms with Gasteiger partial charge in [-0.2, -0.15) is 0 Å². The van der Waals surface area contributed by atoms with Crippen molar-refractivity contribution in [2.45, 2.75) is 49.6 Å². The van der Waals surface area contributed by atoms with Gasteiger partial charge in [-0.05, 0) is 50.3 Å². The summed E-state index contributed by atoms with van der Waals surface area (Å²) in [7, 11) is -2.17. The molecular formula is C18H23N3O4S. The maximum atomic E-state index is 12.8. The summed E-state index contributed by atoms with van der Waals surface area (Å²) >= 11 is 0. The van der Waals surface area contributed by atoms with Crippen LogP contribution in [0.4, 0.5) is 0 Å². The fraction of sp³-hybridized carbons (Fsp3) is 0.444. The molecule has 1 aliphatic rings. The van der Waals surface area contributed by atoms with E-state index in [4.69, 9.17) is 9.47 Å². The van der Waals surface area contributed by atoms with Crippen LogP contribution in [0.15, 0.2) is 41.7 Å². The number of ether oxygens (including phenoxy) is 2. The first kappa shape index (κ1) is 18.6. The molecule has 1 heterocycles. The lowest BCUT2D eigenvalue weighted by molar-refractivity contribution is 0.138. The van der Waals surface area contributed by atoms with E-state index in [1.165, 1.54) is 7.11 Å². The number of aryl methyl sites for hydroxylation is 1. The number of nitrogens with zero attached hydrogens (tertiary/aromatic N) is 2. The van der Waals surface area contributed by atoms with Crippen LogP contribution in [0.2, 0.25) is 0 Å². The molecule has 0 saturated heterocycles. The van der Waals surface area contributed by atoms with Crippen LogP contribution in [0.3, 0.4) is 0 Å². The average Bonchev–Trinajstić information content (AvgIpc) is 2.64. The standard InChI is InChI=1S/C18H23N3O4S/c1-13-3-8-16(24-2)17(11-13)26(22,23)21-14-4-6-15(7-5-14)25-18-12-19-9-10-20-18/h3,8-12,14-15,21H,4-7H2,1-2H3. The first-order chi connectivity index (χ1) is 12.5. The van der Waals surface area contributed by atoms with E-state index in [9.17, 15) is 8.42 Å². The smallest absolute Gasteiger partial charge is 0.244 e. The molecule has 0 bridgehead atoms. The van der Waals surface area contributed by atoms with Gasteiger partial charge in [0.15, 0.2) is 0 Å². The molecule has 1 aromatic carbocycles. The Hall–Kier alpha value is -2.19. The summed E-state index contributed by atoms with van der Waals surface area (Å²) in [6.45, 7) is 1.85. The average molecular weight is 377 g/mol. The molecule has 0 radical (unpaired) electrons. The first-order valence-corrected chi connectivity index (χ1v) is 10.1. The molecule has 0 aliphatic heterocycles. The van der Waals surface area contributed by atoms with Gasteiger partial charge in [-0.1, -0.05) is 6.07 Å². The Balaban J connectivity index is 1.61. The van der Waals surface area contributed by atoms with E-state index in [0.29, 0.717) is 24.5 Å². The van der Waals surface area contributed by atoms with Gasteiger partial charge in [-0.3, -0.25) is 4.98 Å². The van der Waals surface area contributed by atoms with Crippen LogP contribution in [0.5, 0.6) is 11.6 Å². The highest BCUT2D eigenvalue weighted by Crippen LogP contribution is 2.27. The highest BCUT2D eigenvalue weighted by Gasteiger charge is 2.28. The molecule has 0 spiro atoms. The van der Waals surface area contributed by atoms with Crippen LogP contribution >= 0.6 is 0 Å². The summed E-state index contributed by atoms with van der Waals surface area (Å²) in [6.07, 6.45) is 7.72. The number of nitrogens with one attached hydrogen (secondary N) is 1. The molecule has 7 nitrogen and oxygen atoms in total. The Kier molecular flexibility index (Phi) is 5.73. The van der Waals surface area contributed by atoms with E-state index in [0.717, 1.165) is 18.4 Å². The van der Waals surface area contributed by atoms with E-state index in [2.05, 4.69) is 14.7 Å². The second-order valence-electron chi connectivity index (χ2n) is 6.41. The van der Waals surface area contributed by atoms with Crippen LogP contribution in [-0.2, 0) is 10.0 Å². The van der Waals surface area contributed by atoms with Crippen molar-refractivity contribution in [1.29, 1.82) is 0 Å². The lowest BCUT2D eigenvalue weighted by Crippen LogP contribution is -2.39. The molecule has 0 amide bonds. The predicted molar refractivity (Wildman–Crippen MR) is 96.8 cm³/mol. The number of aromatic nitrogens is 2. The summed E-state index contributed by atoms with van der Waals surface area (Å²) in [6, 6.07) is 5.01. The van der Waals surface area contributed by atoms with E-state index in [-0.39, 0.29) is 17.0 Å². The number of rotatable bonds is 6. The quantitative estimate of drug-likeness (QED) is 0.832. The minimum atomic E-state index is -3.64. The zero-order valence-electron chi connectivity index (χ0n) is 14.9. The van der Waals surface area contributed by atoms with E-state index >= 15 is 0 Å². The fourth-order valence-electron chi connectivity index (χ4n) is 3.09. The molecule has 26 heavy (non-hydrogen) atoms. The third-order valence-corrected chi connectivity index (χ3v) is 5.97. The van der Waals surface area contributed by atoms with Crippen molar-refractivity contribution < 1.29 is 17.9 Å². The zero-order valence-corrected chi connectivity index (χ0v) is 15.7. The van der Waals surface area contributed by atoms with Crippen LogP contribution < -0.4 is 14.2 Å². The minimum absolute atomic E-state index is 0.0287. The maximum Gasteiger partial charge on any atom is 0.244 e. The molecule has 2 aromatic rings. The lowest BCUT2D eigenvalue weighted by Gasteiger charge is -2.29. The Bertz CT molecular complexity index is 835. The van der Waals surface area contributed by atoms with E-state index < -0.39 is 10.0 Å². The highest BCUT2D eigenvalue weighted by atomic mass is 32.2. The van der Waals surface area contributed by atoms with Crippen LogP contribution in [0.1, 0.15) is 31.2 Å². The molecule has 1 N–H and O–H groups in total. The van der Waals surface area contributed by atoms with Gasteiger partial charge < -0.3 is 9.47 Å². The first-order valence-electron chi connectivity index (χ1n) is 8.57. The second kappa shape index (κ2) is 8.01. The summed E-state index contributed by atoms with van der Waals surface area (Å²) in [5, 5.41) is 0. The molecule has 0 atom stereocenters. The van der Waals surface area contributed by atoms with Gasteiger partial charge in [0.2, 0.25) is 15.9 Å². The van der Waals surface area contributed by atoms with Crippen molar-refractivity contribution in [1.82, 2.24) is 14.7 Å². The number of hydrogen-bond donors (Lipinski definition) is 1. The zero-order chi connectivity index (χ0) is 18.6. The molecule has 1 aromatic heterocycles. The SMILES string of the molecule is COc1ccc(C)cc1S(=O)(=O)NC1CCC(Oc2cnccn2)CC1. The van der Waals surface area contributed by atoms with Crippen molar-refractivity contribution in [2.75, 3.05) is 7.11 Å². The van der Waals surface area contributed by atoms with Crippen molar-refractivity contribution in [3.8, 4) is 11.6 Å². The third kappa shape index (κ3) is 4.50. The largest absolute Gasteiger partial charge is 0.495 e. The summed E-state index contributed by atoms with van der Waals surface area (Å²) in [5.74, 6) is 0.851. The van der Waals surface area contributed by atoms with Gasteiger partial charge in [0.05, 0.1) is 13.3 Å². The maximum absolute atomic E-state index is 12.8. The van der Waals surface area contributed by atoms with Gasteiger partial charge >= 0.3 is 0 Å². The molecule has 8 heteroatoms. The normalized spacial score (nSPS) is 20.5. The van der Waals surface area contributed by atoms with Crippen LogP contribution in [-0.4, -0.2) is 37.6 Å². The van der Waals surface area contributed by atoms with Crippen molar-refractivity contribution >= 4 is 10.0 Å². The van der Waals surface area contributed by atoms with Gasteiger partial charge in [0, 0.05) is 18.4 Å². The highest BCUT2D eigenvalue weighted by molar-refractivity contribution is 7.89. The Morgan fingerprint density at radius 1 is 1.15 bits per heavy atom. The fourth-order valence-corrected chi connectivity index (χ4v) is 4.65. The van der Waals surface area contributed by atoms with Crippen molar-refractivity contribution in [2.24, 2.45) is 0 Å². The van der Waals surface area contributed by atoms with Gasteiger partial charge in [-0.15, -0.1) is 0 Å². The third-order valence-electron chi connectivity index (χ3n) is 4.43. The Morgan fingerprint density at radius 3 is 2.58 bits per heavy atom. The summed E-state index contributed by atoms with van der Waals surface area (Å²) in [5.41, 5.74) is 0.868. The van der Waals surface area contributed by atoms with E-state index in [1.807, 2.05) is 13.0 Å². The Morgan fingerprint density at radius 2 is 1.92 bits per heavy atom. The van der Waals surface area contributed by atoms with Gasteiger partial charge in [0.25, 0.3) is 0 Å². The topological polar surface area (TPSA) is 90.4 Å². The molecular weight excluding hydrogens is 354 g/mol. The molecule has 1 fully saturated rings. The summed E-state index contributed by atoms with van der Waals surface area (Å²) in [4.78, 5) is 8.27. The molecule has 3 rings (SSSR count). The second-order valence-corrected chi connectivity index (χ2v) is 8.09. The molecule has 0 unspecified atom stereocenters. The van der Waals surface area contributed by atoms with Gasteiger partial charge in [-0.25, -0.2) is 18.1 Å². The summed E-state index contributed by atoms with van der Waals surface area (Å²) < 4.78 is 39.3.